The number of furan rings is 1. The van der Waals surface area contributed by atoms with Crippen LogP contribution in [0.15, 0.2) is 69.2 Å². The Morgan fingerprint density at radius 1 is 1.00 bits per heavy atom. The molecule has 0 radical (unpaired) electrons. The van der Waals surface area contributed by atoms with Crippen molar-refractivity contribution in [3.05, 3.63) is 82.1 Å². The molecule has 3 aromatic rings. The van der Waals surface area contributed by atoms with Gasteiger partial charge in [-0.3, -0.25) is 4.79 Å². The highest BCUT2D eigenvalue weighted by Crippen LogP contribution is 2.34. The predicted octanol–water partition coefficient (Wildman–Crippen LogP) is 6.80. The third-order valence-corrected chi connectivity index (χ3v) is 6.43. The van der Waals surface area contributed by atoms with E-state index >= 15 is 0 Å². The second-order valence-electron chi connectivity index (χ2n) is 7.53. The van der Waals surface area contributed by atoms with Crippen molar-refractivity contribution >= 4 is 40.7 Å². The number of carbonyl (C=O) groups excluding carboxylic acids is 1. The van der Waals surface area contributed by atoms with Gasteiger partial charge >= 0.3 is 12.4 Å². The minimum Gasteiger partial charge on any atom is -0.455 e. The number of thioether (sulfide) groups is 1. The van der Waals surface area contributed by atoms with Crippen LogP contribution in [0.2, 0.25) is 5.02 Å². The zero-order valence-corrected chi connectivity index (χ0v) is 19.4. The summed E-state index contributed by atoms with van der Waals surface area (Å²) in [5.74, 6) is -0.0718. The number of amides is 1. The summed E-state index contributed by atoms with van der Waals surface area (Å²) in [6, 6.07) is 10.5. The average Bonchev–Trinajstić information content (AvgIpc) is 3.41. The summed E-state index contributed by atoms with van der Waals surface area (Å²) in [6.07, 6.45) is -7.89. The number of carbonyl (C=O) groups is 1. The fourth-order valence-corrected chi connectivity index (χ4v) is 4.40. The summed E-state index contributed by atoms with van der Waals surface area (Å²) in [5, 5.41) is 9.61. The van der Waals surface area contributed by atoms with Gasteiger partial charge in [0, 0.05) is 10.6 Å². The molecule has 0 saturated carbocycles. The highest BCUT2D eigenvalue weighted by molar-refractivity contribution is 8.15. The minimum absolute atomic E-state index is 0.0550. The van der Waals surface area contributed by atoms with Gasteiger partial charge < -0.3 is 9.73 Å². The van der Waals surface area contributed by atoms with Gasteiger partial charge in [0.1, 0.15) is 11.5 Å². The normalized spacial score (nSPS) is 17.8. The van der Waals surface area contributed by atoms with E-state index in [0.717, 1.165) is 42.1 Å². The second-order valence-corrected chi connectivity index (χ2v) is 9.13. The first-order valence-electron chi connectivity index (χ1n) is 10.1. The van der Waals surface area contributed by atoms with E-state index in [9.17, 15) is 31.1 Å². The molecule has 1 atom stereocenters. The van der Waals surface area contributed by atoms with Crippen LogP contribution in [0, 0.1) is 0 Å². The van der Waals surface area contributed by atoms with Gasteiger partial charge in [-0.2, -0.15) is 31.4 Å². The van der Waals surface area contributed by atoms with Crippen molar-refractivity contribution in [2.75, 3.05) is 0 Å². The molecule has 1 aliphatic heterocycles. The highest BCUT2D eigenvalue weighted by atomic mass is 35.5. The lowest BCUT2D eigenvalue weighted by Gasteiger charge is -2.12. The number of hydrogen-bond acceptors (Lipinski definition) is 5. The van der Waals surface area contributed by atoms with Crippen molar-refractivity contribution in [2.24, 2.45) is 10.2 Å². The van der Waals surface area contributed by atoms with E-state index in [1.54, 1.807) is 0 Å². The first kappa shape index (κ1) is 25.8. The molecule has 1 N–H and O–H groups in total. The lowest BCUT2D eigenvalue weighted by molar-refractivity contribution is -0.138. The molecule has 2 aromatic carbocycles. The SMILES string of the molecule is O=C1N/C(=N\N=C\c2ccc(-c3cccc(C(F)(F)F)c3)o2)SC1Cc1cc(C(F)(F)F)ccc1Cl. The Hall–Kier alpha value is -3.25. The van der Waals surface area contributed by atoms with E-state index in [4.69, 9.17) is 16.0 Å². The summed E-state index contributed by atoms with van der Waals surface area (Å²) >= 11 is 6.98. The zero-order chi connectivity index (χ0) is 26.1. The van der Waals surface area contributed by atoms with E-state index in [2.05, 4.69) is 15.5 Å². The maximum Gasteiger partial charge on any atom is 0.416 e. The number of benzene rings is 2. The van der Waals surface area contributed by atoms with E-state index in [0.29, 0.717) is 0 Å². The molecule has 5 nitrogen and oxygen atoms in total. The van der Waals surface area contributed by atoms with Crippen molar-refractivity contribution < 1.29 is 35.6 Å². The number of hydrogen-bond donors (Lipinski definition) is 1. The number of nitrogens with one attached hydrogen (secondary N) is 1. The van der Waals surface area contributed by atoms with Crippen LogP contribution in [0.1, 0.15) is 22.5 Å². The van der Waals surface area contributed by atoms with Crippen molar-refractivity contribution in [1.82, 2.24) is 5.32 Å². The molecule has 0 aliphatic carbocycles. The Morgan fingerprint density at radius 3 is 2.44 bits per heavy atom. The van der Waals surface area contributed by atoms with Gasteiger partial charge in [0.2, 0.25) is 5.91 Å². The Bertz CT molecular complexity index is 1350. The molecule has 1 aliphatic rings. The van der Waals surface area contributed by atoms with Crippen molar-refractivity contribution in [1.29, 1.82) is 0 Å². The standard InChI is InChI=1S/C23H14ClF6N3O2S/c24-17-6-4-15(23(28,29)30)9-13(17)10-19-20(34)32-21(36-19)33-31-11-16-5-7-18(35-16)12-2-1-3-14(8-12)22(25,26)27/h1-9,11,19H,10H2,(H,32,33,34)/b31-11+. The smallest absolute Gasteiger partial charge is 0.416 e. The van der Waals surface area contributed by atoms with Gasteiger partial charge in [-0.1, -0.05) is 35.5 Å². The maximum absolute atomic E-state index is 13.0. The van der Waals surface area contributed by atoms with Crippen molar-refractivity contribution in [3.63, 3.8) is 0 Å². The highest BCUT2D eigenvalue weighted by Gasteiger charge is 2.34. The van der Waals surface area contributed by atoms with Gasteiger partial charge in [-0.25, -0.2) is 0 Å². The number of alkyl halides is 6. The third kappa shape index (κ3) is 6.11. The lowest BCUT2D eigenvalue weighted by atomic mass is 10.1. The summed E-state index contributed by atoms with van der Waals surface area (Å²) in [5.41, 5.74) is -1.29. The first-order chi connectivity index (χ1) is 16.9. The van der Waals surface area contributed by atoms with Crippen molar-refractivity contribution in [2.45, 2.75) is 24.0 Å². The molecule has 1 aromatic heterocycles. The van der Waals surface area contributed by atoms with E-state index in [1.807, 2.05) is 0 Å². The molecule has 13 heteroatoms. The lowest BCUT2D eigenvalue weighted by Crippen LogP contribution is -2.26. The van der Waals surface area contributed by atoms with Crippen LogP contribution < -0.4 is 5.32 Å². The predicted molar refractivity (Wildman–Crippen MR) is 124 cm³/mol. The summed E-state index contributed by atoms with van der Waals surface area (Å²) in [7, 11) is 0. The molecule has 1 amide bonds. The van der Waals surface area contributed by atoms with Crippen LogP contribution in [-0.2, 0) is 23.6 Å². The third-order valence-electron chi connectivity index (χ3n) is 4.99. The molecule has 1 unspecified atom stereocenters. The number of nitrogens with zero attached hydrogens (tertiary/aromatic N) is 2. The van der Waals surface area contributed by atoms with Gasteiger partial charge in [-0.05, 0) is 54.4 Å². The van der Waals surface area contributed by atoms with Crippen LogP contribution in [0.4, 0.5) is 26.3 Å². The zero-order valence-electron chi connectivity index (χ0n) is 17.8. The molecule has 1 saturated heterocycles. The molecule has 0 spiro atoms. The number of amidine groups is 1. The second kappa shape index (κ2) is 10.0. The molecule has 2 heterocycles. The summed E-state index contributed by atoms with van der Waals surface area (Å²) < 4.78 is 83.2. The number of halogens is 7. The molecular weight excluding hydrogens is 532 g/mol. The van der Waals surface area contributed by atoms with E-state index in [1.165, 1.54) is 30.5 Å². The van der Waals surface area contributed by atoms with Crippen LogP contribution in [0.5, 0.6) is 0 Å². The Labute approximate surface area is 209 Å². The Balaban J connectivity index is 1.42. The Morgan fingerprint density at radius 2 is 1.72 bits per heavy atom. The van der Waals surface area contributed by atoms with E-state index in [-0.39, 0.29) is 39.3 Å². The quantitative estimate of drug-likeness (QED) is 0.218. The van der Waals surface area contributed by atoms with Gasteiger partial charge in [0.25, 0.3) is 0 Å². The molecule has 188 valence electrons. The molecule has 36 heavy (non-hydrogen) atoms. The summed E-state index contributed by atoms with van der Waals surface area (Å²) in [6.45, 7) is 0. The maximum atomic E-state index is 13.0. The molecular formula is C23H14ClF6N3O2S. The fraction of sp³-hybridized carbons (Fsp3) is 0.174. The van der Waals surface area contributed by atoms with Gasteiger partial charge in [0.05, 0.1) is 22.6 Å². The average molecular weight is 546 g/mol. The molecule has 0 bridgehead atoms. The van der Waals surface area contributed by atoms with Crippen molar-refractivity contribution in [3.8, 4) is 11.3 Å². The van der Waals surface area contributed by atoms with Gasteiger partial charge in [-0.15, -0.1) is 5.10 Å². The fourth-order valence-electron chi connectivity index (χ4n) is 3.26. The van der Waals surface area contributed by atoms with Crippen LogP contribution >= 0.6 is 23.4 Å². The minimum atomic E-state index is -4.54. The summed E-state index contributed by atoms with van der Waals surface area (Å²) in [4.78, 5) is 12.2. The molecule has 4 rings (SSSR count). The van der Waals surface area contributed by atoms with Crippen LogP contribution in [-0.4, -0.2) is 22.5 Å². The largest absolute Gasteiger partial charge is 0.455 e. The molecule has 1 fully saturated rings. The number of rotatable bonds is 5. The topological polar surface area (TPSA) is 67.0 Å². The first-order valence-corrected chi connectivity index (χ1v) is 11.4. The monoisotopic (exact) mass is 545 g/mol. The van der Waals surface area contributed by atoms with Crippen LogP contribution in [0.25, 0.3) is 11.3 Å². The van der Waals surface area contributed by atoms with Crippen LogP contribution in [0.3, 0.4) is 0 Å². The Kier molecular flexibility index (Phi) is 7.19. The van der Waals surface area contributed by atoms with E-state index < -0.39 is 34.6 Å². The van der Waals surface area contributed by atoms with Gasteiger partial charge in [0.15, 0.2) is 5.17 Å².